The van der Waals surface area contributed by atoms with Crippen molar-refractivity contribution in [1.29, 1.82) is 0 Å². The van der Waals surface area contributed by atoms with E-state index in [1.54, 1.807) is 6.26 Å². The summed E-state index contributed by atoms with van der Waals surface area (Å²) >= 11 is 1.35. The third-order valence-corrected chi connectivity index (χ3v) is 6.26. The zero-order valence-electron chi connectivity index (χ0n) is 15.2. The Hall–Kier alpha value is -3.12. The van der Waals surface area contributed by atoms with E-state index in [1.807, 2.05) is 42.5 Å². The lowest BCUT2D eigenvalue weighted by Crippen LogP contribution is -2.12. The zero-order valence-corrected chi connectivity index (χ0v) is 16.0. The summed E-state index contributed by atoms with van der Waals surface area (Å²) in [6, 6.07) is 13.2. The van der Waals surface area contributed by atoms with Gasteiger partial charge in [-0.25, -0.2) is 4.98 Å². The lowest BCUT2D eigenvalue weighted by molar-refractivity contribution is 0.103. The minimum atomic E-state index is -0.213. The lowest BCUT2D eigenvalue weighted by atomic mass is 9.89. The number of rotatable bonds is 3. The molecule has 5 rings (SSSR count). The third kappa shape index (κ3) is 2.77. The van der Waals surface area contributed by atoms with E-state index in [9.17, 15) is 4.79 Å². The van der Waals surface area contributed by atoms with Crippen molar-refractivity contribution in [2.45, 2.75) is 25.7 Å². The number of aryl methyl sites for hydroxylation is 1. The average molecular weight is 389 g/mol. The van der Waals surface area contributed by atoms with Crippen molar-refractivity contribution < 1.29 is 9.21 Å². The van der Waals surface area contributed by atoms with Crippen LogP contribution in [0.1, 0.15) is 33.8 Å². The summed E-state index contributed by atoms with van der Waals surface area (Å²) in [5.41, 5.74) is 11.0. The number of nitrogens with one attached hydrogen (secondary N) is 1. The summed E-state index contributed by atoms with van der Waals surface area (Å²) in [5.74, 6) is 0.570. The SMILES string of the molecule is Nc1c(C(=O)Nc2ccccc2)sc2nc3c(c(-c4ccco4)c12)CCCC3. The van der Waals surface area contributed by atoms with Crippen molar-refractivity contribution in [1.82, 2.24) is 4.98 Å². The fourth-order valence-electron chi connectivity index (χ4n) is 3.88. The third-order valence-electron chi connectivity index (χ3n) is 5.16. The first-order chi connectivity index (χ1) is 13.7. The molecule has 0 radical (unpaired) electrons. The average Bonchev–Trinajstić information content (AvgIpc) is 3.36. The molecule has 1 amide bonds. The van der Waals surface area contributed by atoms with E-state index >= 15 is 0 Å². The second-order valence-corrected chi connectivity index (χ2v) is 7.94. The normalized spacial score (nSPS) is 13.4. The molecule has 5 nitrogen and oxygen atoms in total. The van der Waals surface area contributed by atoms with E-state index in [0.717, 1.165) is 58.6 Å². The first-order valence-corrected chi connectivity index (χ1v) is 10.2. The monoisotopic (exact) mass is 389 g/mol. The maximum atomic E-state index is 12.9. The van der Waals surface area contributed by atoms with Crippen LogP contribution in [0.25, 0.3) is 21.5 Å². The molecule has 140 valence electrons. The maximum Gasteiger partial charge on any atom is 0.267 e. The number of amides is 1. The number of benzene rings is 1. The molecule has 3 heterocycles. The number of hydrogen-bond donors (Lipinski definition) is 2. The van der Waals surface area contributed by atoms with E-state index in [-0.39, 0.29) is 5.91 Å². The number of carbonyl (C=O) groups excluding carboxylic acids is 1. The van der Waals surface area contributed by atoms with Crippen LogP contribution < -0.4 is 11.1 Å². The highest BCUT2D eigenvalue weighted by Crippen LogP contribution is 2.44. The van der Waals surface area contributed by atoms with Crippen molar-refractivity contribution in [3.63, 3.8) is 0 Å². The van der Waals surface area contributed by atoms with Crippen LogP contribution >= 0.6 is 11.3 Å². The number of nitrogens with zero attached hydrogens (tertiary/aromatic N) is 1. The van der Waals surface area contributed by atoms with Crippen LogP contribution in [-0.4, -0.2) is 10.9 Å². The topological polar surface area (TPSA) is 81.2 Å². The minimum Gasteiger partial charge on any atom is -0.464 e. The molecule has 0 atom stereocenters. The Bertz CT molecular complexity index is 1160. The highest BCUT2D eigenvalue weighted by Gasteiger charge is 2.26. The molecule has 3 aromatic heterocycles. The molecule has 1 aromatic carbocycles. The number of pyridine rings is 1. The van der Waals surface area contributed by atoms with Gasteiger partial charge < -0.3 is 15.5 Å². The van der Waals surface area contributed by atoms with Gasteiger partial charge in [0.05, 0.1) is 12.0 Å². The van der Waals surface area contributed by atoms with Gasteiger partial charge >= 0.3 is 0 Å². The van der Waals surface area contributed by atoms with Crippen LogP contribution in [0.15, 0.2) is 53.1 Å². The molecule has 0 aliphatic heterocycles. The minimum absolute atomic E-state index is 0.213. The van der Waals surface area contributed by atoms with Crippen molar-refractivity contribution in [3.8, 4) is 11.3 Å². The number of aromatic nitrogens is 1. The standard InChI is InChI=1S/C22H19N3O2S/c23-19-18-17(16-11-6-12-27-16)14-9-4-5-10-15(14)25-22(18)28-20(19)21(26)24-13-7-2-1-3-8-13/h1-3,6-8,11-12H,4-5,9-10,23H2,(H,24,26). The van der Waals surface area contributed by atoms with E-state index in [4.69, 9.17) is 15.1 Å². The van der Waals surface area contributed by atoms with Crippen molar-refractivity contribution in [3.05, 3.63) is 64.9 Å². The molecular weight excluding hydrogens is 370 g/mol. The Balaban J connectivity index is 1.68. The predicted molar refractivity (Wildman–Crippen MR) is 113 cm³/mol. The van der Waals surface area contributed by atoms with Gasteiger partial charge in [-0.3, -0.25) is 4.79 Å². The van der Waals surface area contributed by atoms with Crippen molar-refractivity contribution >= 4 is 38.8 Å². The molecule has 0 bridgehead atoms. The molecule has 28 heavy (non-hydrogen) atoms. The quantitative estimate of drug-likeness (QED) is 0.500. The molecule has 0 fully saturated rings. The first-order valence-electron chi connectivity index (χ1n) is 9.36. The molecule has 0 unspecified atom stereocenters. The van der Waals surface area contributed by atoms with Crippen LogP contribution in [0, 0.1) is 0 Å². The van der Waals surface area contributed by atoms with Crippen LogP contribution in [0.2, 0.25) is 0 Å². The molecule has 1 aliphatic carbocycles. The number of nitrogen functional groups attached to an aromatic ring is 1. The molecule has 0 saturated carbocycles. The molecule has 0 saturated heterocycles. The van der Waals surface area contributed by atoms with Crippen LogP contribution in [0.4, 0.5) is 11.4 Å². The first kappa shape index (κ1) is 17.0. The summed E-state index contributed by atoms with van der Waals surface area (Å²) in [5, 5.41) is 3.76. The van der Waals surface area contributed by atoms with Crippen LogP contribution in [-0.2, 0) is 12.8 Å². The van der Waals surface area contributed by atoms with Gasteiger partial charge in [0.1, 0.15) is 15.5 Å². The summed E-state index contributed by atoms with van der Waals surface area (Å²) in [6.45, 7) is 0. The van der Waals surface area contributed by atoms with Gasteiger partial charge in [-0.1, -0.05) is 18.2 Å². The van der Waals surface area contributed by atoms with Crippen LogP contribution in [0.3, 0.4) is 0 Å². The Morgan fingerprint density at radius 3 is 2.71 bits per heavy atom. The molecule has 0 spiro atoms. The van der Waals surface area contributed by atoms with Gasteiger partial charge in [0.25, 0.3) is 5.91 Å². The van der Waals surface area contributed by atoms with E-state index in [0.29, 0.717) is 10.6 Å². The number of fused-ring (bicyclic) bond motifs is 2. The van der Waals surface area contributed by atoms with E-state index < -0.39 is 0 Å². The molecular formula is C22H19N3O2S. The summed E-state index contributed by atoms with van der Waals surface area (Å²) in [7, 11) is 0. The number of furan rings is 1. The summed E-state index contributed by atoms with van der Waals surface area (Å²) in [6.07, 6.45) is 5.82. The number of nitrogens with two attached hydrogens (primary N) is 1. The number of hydrogen-bond acceptors (Lipinski definition) is 5. The molecule has 6 heteroatoms. The Morgan fingerprint density at radius 1 is 1.11 bits per heavy atom. The van der Waals surface area contributed by atoms with E-state index in [2.05, 4.69) is 5.32 Å². The summed E-state index contributed by atoms with van der Waals surface area (Å²) < 4.78 is 5.73. The largest absolute Gasteiger partial charge is 0.464 e. The Kier molecular flexibility index (Phi) is 4.13. The Labute approximate surface area is 166 Å². The predicted octanol–water partition coefficient (Wildman–Crippen LogP) is 5.27. The number of carbonyl (C=O) groups is 1. The van der Waals surface area contributed by atoms with E-state index in [1.165, 1.54) is 16.9 Å². The lowest BCUT2D eigenvalue weighted by Gasteiger charge is -2.18. The second-order valence-electron chi connectivity index (χ2n) is 6.94. The van der Waals surface area contributed by atoms with Gasteiger partial charge in [0.15, 0.2) is 0 Å². The fourth-order valence-corrected chi connectivity index (χ4v) is 4.90. The van der Waals surface area contributed by atoms with Crippen LogP contribution in [0.5, 0.6) is 0 Å². The number of thiophene rings is 1. The van der Waals surface area contributed by atoms with Gasteiger partial charge in [-0.05, 0) is 55.5 Å². The maximum absolute atomic E-state index is 12.9. The molecule has 1 aliphatic rings. The van der Waals surface area contributed by atoms with Gasteiger partial charge in [0.2, 0.25) is 0 Å². The molecule has 3 N–H and O–H groups in total. The highest BCUT2D eigenvalue weighted by molar-refractivity contribution is 7.21. The van der Waals surface area contributed by atoms with Gasteiger partial charge in [0, 0.05) is 22.3 Å². The zero-order chi connectivity index (χ0) is 19.1. The molecule has 4 aromatic rings. The highest BCUT2D eigenvalue weighted by atomic mass is 32.1. The summed E-state index contributed by atoms with van der Waals surface area (Å²) in [4.78, 5) is 19.0. The fraction of sp³-hybridized carbons (Fsp3) is 0.182. The van der Waals surface area contributed by atoms with Gasteiger partial charge in [-0.2, -0.15) is 0 Å². The van der Waals surface area contributed by atoms with Crippen molar-refractivity contribution in [2.75, 3.05) is 11.1 Å². The Morgan fingerprint density at radius 2 is 1.93 bits per heavy atom. The number of anilines is 2. The second kappa shape index (κ2) is 6.80. The van der Waals surface area contributed by atoms with Gasteiger partial charge in [-0.15, -0.1) is 11.3 Å². The number of para-hydroxylation sites is 1. The van der Waals surface area contributed by atoms with Crippen molar-refractivity contribution in [2.24, 2.45) is 0 Å². The smallest absolute Gasteiger partial charge is 0.267 e.